The summed E-state index contributed by atoms with van der Waals surface area (Å²) in [5.41, 5.74) is 1.28. The molecule has 19 heavy (non-hydrogen) atoms. The lowest BCUT2D eigenvalue weighted by atomic mass is 9.92. The molecule has 0 saturated heterocycles. The van der Waals surface area contributed by atoms with Gasteiger partial charge >= 0.3 is 5.97 Å². The number of nitrogens with zero attached hydrogens (tertiary/aromatic N) is 2. The third-order valence-corrected chi connectivity index (χ3v) is 3.02. The molecular formula is C14H24N2O3. The van der Waals surface area contributed by atoms with Crippen LogP contribution in [0.5, 0.6) is 0 Å². The summed E-state index contributed by atoms with van der Waals surface area (Å²) >= 11 is 0. The number of esters is 1. The van der Waals surface area contributed by atoms with E-state index in [0.29, 0.717) is 18.7 Å². The van der Waals surface area contributed by atoms with Crippen molar-refractivity contribution in [1.29, 1.82) is 0 Å². The number of ether oxygens (including phenoxy) is 2. The molecule has 108 valence electrons. The van der Waals surface area contributed by atoms with Crippen LogP contribution in [0, 0.1) is 0 Å². The average molecular weight is 268 g/mol. The molecule has 0 aliphatic heterocycles. The summed E-state index contributed by atoms with van der Waals surface area (Å²) in [5.74, 6) is -0.339. The molecule has 0 aliphatic rings. The molecule has 0 saturated carbocycles. The van der Waals surface area contributed by atoms with E-state index >= 15 is 0 Å². The highest BCUT2D eigenvalue weighted by Crippen LogP contribution is 2.21. The van der Waals surface area contributed by atoms with E-state index in [0.717, 1.165) is 5.69 Å². The van der Waals surface area contributed by atoms with Gasteiger partial charge in [-0.15, -0.1) is 0 Å². The van der Waals surface area contributed by atoms with Gasteiger partial charge in [0.2, 0.25) is 0 Å². The molecular weight excluding hydrogens is 244 g/mol. The quantitative estimate of drug-likeness (QED) is 0.769. The Morgan fingerprint density at radius 2 is 2.11 bits per heavy atom. The SMILES string of the molecule is COC(C)CCOC(=O)c1cc(C(C)(C)C)nn1C. The number of aromatic nitrogens is 2. The first-order chi connectivity index (χ1) is 8.75. The largest absolute Gasteiger partial charge is 0.461 e. The standard InChI is InChI=1S/C14H24N2O3/c1-10(18-6)7-8-19-13(17)11-9-12(14(2,3)4)15-16(11)5/h9-10H,7-8H2,1-6H3. The minimum Gasteiger partial charge on any atom is -0.461 e. The van der Waals surface area contributed by atoms with Gasteiger partial charge in [0, 0.05) is 26.0 Å². The summed E-state index contributed by atoms with van der Waals surface area (Å²) in [6.07, 6.45) is 0.774. The third kappa shape index (κ3) is 4.35. The van der Waals surface area contributed by atoms with Crippen LogP contribution in [-0.2, 0) is 21.9 Å². The van der Waals surface area contributed by atoms with Gasteiger partial charge in [-0.1, -0.05) is 20.8 Å². The van der Waals surface area contributed by atoms with Crippen LogP contribution in [0.2, 0.25) is 0 Å². The van der Waals surface area contributed by atoms with Crippen LogP contribution in [0.1, 0.15) is 50.3 Å². The van der Waals surface area contributed by atoms with Gasteiger partial charge < -0.3 is 9.47 Å². The van der Waals surface area contributed by atoms with E-state index in [4.69, 9.17) is 9.47 Å². The van der Waals surface area contributed by atoms with Gasteiger partial charge in [0.1, 0.15) is 5.69 Å². The second-order valence-electron chi connectivity index (χ2n) is 5.76. The second kappa shape index (κ2) is 6.19. The van der Waals surface area contributed by atoms with E-state index in [1.54, 1.807) is 24.9 Å². The van der Waals surface area contributed by atoms with Crippen LogP contribution >= 0.6 is 0 Å². The van der Waals surface area contributed by atoms with Crippen molar-refractivity contribution in [3.05, 3.63) is 17.5 Å². The maximum absolute atomic E-state index is 12.0. The molecule has 0 radical (unpaired) electrons. The maximum atomic E-state index is 12.0. The Bertz CT molecular complexity index is 432. The predicted molar refractivity (Wildman–Crippen MR) is 73.3 cm³/mol. The number of methoxy groups -OCH3 is 1. The fraction of sp³-hybridized carbons (Fsp3) is 0.714. The van der Waals surface area contributed by atoms with Crippen LogP contribution in [-0.4, -0.2) is 35.6 Å². The molecule has 0 aromatic carbocycles. The number of aryl methyl sites for hydroxylation is 1. The van der Waals surface area contributed by atoms with Crippen molar-refractivity contribution >= 4 is 5.97 Å². The molecule has 0 N–H and O–H groups in total. The minimum absolute atomic E-state index is 0.0825. The van der Waals surface area contributed by atoms with E-state index in [1.807, 2.05) is 6.92 Å². The Labute approximate surface area is 114 Å². The molecule has 0 bridgehead atoms. The van der Waals surface area contributed by atoms with Crippen LogP contribution in [0.4, 0.5) is 0 Å². The molecule has 0 fully saturated rings. The van der Waals surface area contributed by atoms with Crippen LogP contribution in [0.3, 0.4) is 0 Å². The number of carbonyl (C=O) groups excluding carboxylic acids is 1. The number of rotatable bonds is 5. The van der Waals surface area contributed by atoms with E-state index in [1.165, 1.54) is 0 Å². The average Bonchev–Trinajstić information content (AvgIpc) is 2.70. The van der Waals surface area contributed by atoms with E-state index in [2.05, 4.69) is 25.9 Å². The first kappa shape index (κ1) is 15.7. The summed E-state index contributed by atoms with van der Waals surface area (Å²) < 4.78 is 11.9. The van der Waals surface area contributed by atoms with Gasteiger partial charge in [0.15, 0.2) is 0 Å². The zero-order chi connectivity index (χ0) is 14.6. The zero-order valence-corrected chi connectivity index (χ0v) is 12.7. The summed E-state index contributed by atoms with van der Waals surface area (Å²) in [4.78, 5) is 12.0. The summed E-state index contributed by atoms with van der Waals surface area (Å²) in [7, 11) is 3.40. The Balaban J connectivity index is 2.65. The normalized spacial score (nSPS) is 13.4. The molecule has 1 atom stereocenters. The molecule has 1 heterocycles. The molecule has 0 aliphatic carbocycles. The number of hydrogen-bond donors (Lipinski definition) is 0. The van der Waals surface area contributed by atoms with Gasteiger partial charge in [0.05, 0.1) is 18.4 Å². The van der Waals surface area contributed by atoms with E-state index < -0.39 is 0 Å². The molecule has 0 spiro atoms. The molecule has 1 aromatic heterocycles. The molecule has 1 unspecified atom stereocenters. The first-order valence-electron chi connectivity index (χ1n) is 6.50. The zero-order valence-electron chi connectivity index (χ0n) is 12.7. The minimum atomic E-state index is -0.339. The fourth-order valence-corrected chi connectivity index (χ4v) is 1.53. The highest BCUT2D eigenvalue weighted by molar-refractivity contribution is 5.87. The van der Waals surface area contributed by atoms with E-state index in [9.17, 15) is 4.79 Å². The Kier molecular flexibility index (Phi) is 5.11. The van der Waals surface area contributed by atoms with Crippen molar-refractivity contribution < 1.29 is 14.3 Å². The molecule has 5 nitrogen and oxygen atoms in total. The number of hydrogen-bond acceptors (Lipinski definition) is 4. The Morgan fingerprint density at radius 3 is 2.58 bits per heavy atom. The molecule has 1 aromatic rings. The van der Waals surface area contributed by atoms with Crippen molar-refractivity contribution in [3.8, 4) is 0 Å². The molecule has 1 rings (SSSR count). The van der Waals surface area contributed by atoms with Gasteiger partial charge in [-0.2, -0.15) is 5.10 Å². The predicted octanol–water partition coefficient (Wildman–Crippen LogP) is 2.30. The highest BCUT2D eigenvalue weighted by atomic mass is 16.5. The number of carbonyl (C=O) groups is 1. The van der Waals surface area contributed by atoms with Crippen LogP contribution < -0.4 is 0 Å². The third-order valence-electron chi connectivity index (χ3n) is 3.02. The fourth-order valence-electron chi connectivity index (χ4n) is 1.53. The van der Waals surface area contributed by atoms with Crippen molar-refractivity contribution in [1.82, 2.24) is 9.78 Å². The van der Waals surface area contributed by atoms with Crippen LogP contribution in [0.25, 0.3) is 0 Å². The molecule has 0 amide bonds. The maximum Gasteiger partial charge on any atom is 0.356 e. The van der Waals surface area contributed by atoms with Crippen molar-refractivity contribution in [3.63, 3.8) is 0 Å². The van der Waals surface area contributed by atoms with Gasteiger partial charge in [-0.3, -0.25) is 4.68 Å². The monoisotopic (exact) mass is 268 g/mol. The molecule has 5 heteroatoms. The topological polar surface area (TPSA) is 53.4 Å². The van der Waals surface area contributed by atoms with Crippen molar-refractivity contribution in [2.24, 2.45) is 7.05 Å². The van der Waals surface area contributed by atoms with Crippen LogP contribution in [0.15, 0.2) is 6.07 Å². The van der Waals surface area contributed by atoms with Crippen molar-refractivity contribution in [2.45, 2.75) is 45.6 Å². The van der Waals surface area contributed by atoms with Gasteiger partial charge in [-0.05, 0) is 13.0 Å². The smallest absolute Gasteiger partial charge is 0.356 e. The summed E-state index contributed by atoms with van der Waals surface area (Å²) in [6.45, 7) is 8.47. The van der Waals surface area contributed by atoms with E-state index in [-0.39, 0.29) is 17.5 Å². The van der Waals surface area contributed by atoms with Crippen molar-refractivity contribution in [2.75, 3.05) is 13.7 Å². The lowest BCUT2D eigenvalue weighted by Crippen LogP contribution is -2.15. The summed E-state index contributed by atoms with van der Waals surface area (Å²) in [5, 5.41) is 4.35. The van der Waals surface area contributed by atoms with Gasteiger partial charge in [0.25, 0.3) is 0 Å². The Hall–Kier alpha value is -1.36. The first-order valence-corrected chi connectivity index (χ1v) is 6.50. The lowest BCUT2D eigenvalue weighted by Gasteiger charge is -2.13. The van der Waals surface area contributed by atoms with Gasteiger partial charge in [-0.25, -0.2) is 4.79 Å². The lowest BCUT2D eigenvalue weighted by molar-refractivity contribution is 0.0380. The second-order valence-corrected chi connectivity index (χ2v) is 5.76. The Morgan fingerprint density at radius 1 is 1.47 bits per heavy atom. The summed E-state index contributed by atoms with van der Waals surface area (Å²) in [6, 6.07) is 1.79. The highest BCUT2D eigenvalue weighted by Gasteiger charge is 2.22.